The molecule has 25 heavy (non-hydrogen) atoms. The monoisotopic (exact) mass is 368 g/mol. The number of nitrogens with one attached hydrogen (secondary N) is 1. The summed E-state index contributed by atoms with van der Waals surface area (Å²) >= 11 is 0. The molecule has 0 aliphatic carbocycles. The molecular formula is C15H17FN4O4S. The van der Waals surface area contributed by atoms with E-state index >= 15 is 0 Å². The zero-order valence-corrected chi connectivity index (χ0v) is 14.5. The van der Waals surface area contributed by atoms with Gasteiger partial charge in [0.15, 0.2) is 5.82 Å². The van der Waals surface area contributed by atoms with Crippen molar-refractivity contribution in [2.75, 3.05) is 0 Å². The number of rotatable bonds is 5. The second kappa shape index (κ2) is 6.52. The van der Waals surface area contributed by atoms with E-state index in [1.165, 1.54) is 12.1 Å². The Morgan fingerprint density at radius 2 is 2.00 bits per heavy atom. The Kier molecular flexibility index (Phi) is 4.56. The average molecular weight is 368 g/mol. The molecule has 0 radical (unpaired) electrons. The molecule has 0 spiro atoms. The minimum absolute atomic E-state index is 0.0141. The second-order valence-corrected chi connectivity index (χ2v) is 7.72. The topological polar surface area (TPSA) is 105 Å². The Balaban J connectivity index is 1.72. The van der Waals surface area contributed by atoms with Crippen molar-refractivity contribution in [1.29, 1.82) is 0 Å². The molecule has 1 aliphatic heterocycles. The number of carbonyl (C=O) groups excluding carboxylic acids is 1. The summed E-state index contributed by atoms with van der Waals surface area (Å²) in [6.07, 6.45) is 0.303. The minimum Gasteiger partial charge on any atom is -0.337 e. The fourth-order valence-electron chi connectivity index (χ4n) is 2.47. The van der Waals surface area contributed by atoms with E-state index in [4.69, 9.17) is 4.52 Å². The summed E-state index contributed by atoms with van der Waals surface area (Å²) in [5.74, 6) is -0.737. The van der Waals surface area contributed by atoms with Gasteiger partial charge in [0.25, 0.3) is 5.91 Å². The van der Waals surface area contributed by atoms with Crippen molar-refractivity contribution in [3.05, 3.63) is 47.4 Å². The van der Waals surface area contributed by atoms with Gasteiger partial charge in [0.2, 0.25) is 5.89 Å². The van der Waals surface area contributed by atoms with Crippen LogP contribution in [0.3, 0.4) is 0 Å². The molecule has 0 saturated carbocycles. The van der Waals surface area contributed by atoms with E-state index in [1.54, 1.807) is 26.0 Å². The van der Waals surface area contributed by atoms with Crippen LogP contribution in [0.1, 0.15) is 31.1 Å². The normalized spacial score (nSPS) is 19.8. The maximum atomic E-state index is 12.9. The van der Waals surface area contributed by atoms with E-state index < -0.39 is 22.2 Å². The largest absolute Gasteiger partial charge is 0.337 e. The third-order valence-electron chi connectivity index (χ3n) is 3.81. The first-order chi connectivity index (χ1) is 11.8. The van der Waals surface area contributed by atoms with Gasteiger partial charge in [-0.15, -0.1) is 0 Å². The van der Waals surface area contributed by atoms with Gasteiger partial charge < -0.3 is 4.52 Å². The first-order valence-corrected chi connectivity index (χ1v) is 9.10. The van der Waals surface area contributed by atoms with Crippen molar-refractivity contribution in [3.63, 3.8) is 0 Å². The lowest BCUT2D eigenvalue weighted by atomic mass is 10.1. The first-order valence-electron chi connectivity index (χ1n) is 7.66. The van der Waals surface area contributed by atoms with Crippen molar-refractivity contribution in [2.45, 2.75) is 32.9 Å². The number of nitrogens with zero attached hydrogens (tertiary/aromatic N) is 3. The maximum absolute atomic E-state index is 12.9. The molecule has 1 aliphatic rings. The molecule has 1 amide bonds. The van der Waals surface area contributed by atoms with Gasteiger partial charge in [0.1, 0.15) is 18.4 Å². The third kappa shape index (κ3) is 3.69. The molecule has 0 unspecified atom stereocenters. The summed E-state index contributed by atoms with van der Waals surface area (Å²) in [4.78, 5) is 16.4. The maximum Gasteiger partial charge on any atom is 0.305 e. The fourth-order valence-corrected chi connectivity index (χ4v) is 3.92. The van der Waals surface area contributed by atoms with Crippen LogP contribution in [0.5, 0.6) is 0 Å². The molecule has 134 valence electrons. The molecule has 1 fully saturated rings. The van der Waals surface area contributed by atoms with E-state index in [0.29, 0.717) is 16.6 Å². The Labute approximate surface area is 144 Å². The van der Waals surface area contributed by atoms with Gasteiger partial charge in [-0.2, -0.15) is 18.1 Å². The number of aromatic nitrogens is 2. The molecule has 1 saturated heterocycles. The first kappa shape index (κ1) is 17.5. The highest BCUT2D eigenvalue weighted by Crippen LogP contribution is 2.20. The average Bonchev–Trinajstić information content (AvgIpc) is 3.07. The molecule has 1 atom stereocenters. The zero-order valence-electron chi connectivity index (χ0n) is 13.6. The van der Waals surface area contributed by atoms with Crippen LogP contribution >= 0.6 is 0 Å². The SMILES string of the molecule is CC(C)[C@@H]1NS(=O)(=O)N(Cc2nc(Cc3ccc(F)cc3)no2)C1=O. The van der Waals surface area contributed by atoms with Crippen molar-refractivity contribution < 1.29 is 22.1 Å². The van der Waals surface area contributed by atoms with Crippen molar-refractivity contribution >= 4 is 16.1 Å². The van der Waals surface area contributed by atoms with Crippen LogP contribution in [0.25, 0.3) is 0 Å². The predicted octanol–water partition coefficient (Wildman–Crippen LogP) is 1.00. The molecule has 1 aromatic heterocycles. The number of halogens is 1. The van der Waals surface area contributed by atoms with E-state index in [-0.39, 0.29) is 24.2 Å². The molecule has 8 nitrogen and oxygen atoms in total. The van der Waals surface area contributed by atoms with E-state index in [1.807, 2.05) is 0 Å². The standard InChI is InChI=1S/C15H17FN4O4S/c1-9(2)14-15(21)20(25(22,23)19-14)8-13-17-12(18-24-13)7-10-3-5-11(16)6-4-10/h3-6,9,14,19H,7-8H2,1-2H3/t14-/m0/s1. The second-order valence-electron chi connectivity index (χ2n) is 6.10. The van der Waals surface area contributed by atoms with Crippen LogP contribution in [0.2, 0.25) is 0 Å². The van der Waals surface area contributed by atoms with Crippen molar-refractivity contribution in [1.82, 2.24) is 19.2 Å². The number of benzene rings is 1. The van der Waals surface area contributed by atoms with Crippen LogP contribution in [0.15, 0.2) is 28.8 Å². The van der Waals surface area contributed by atoms with Gasteiger partial charge in [-0.3, -0.25) is 4.79 Å². The molecule has 1 aromatic carbocycles. The van der Waals surface area contributed by atoms with E-state index in [9.17, 15) is 17.6 Å². The minimum atomic E-state index is -3.92. The molecule has 10 heteroatoms. The van der Waals surface area contributed by atoms with Crippen LogP contribution in [-0.2, 0) is 28.0 Å². The molecule has 0 bridgehead atoms. The van der Waals surface area contributed by atoms with E-state index in [2.05, 4.69) is 14.9 Å². The van der Waals surface area contributed by atoms with Crippen molar-refractivity contribution in [3.8, 4) is 0 Å². The van der Waals surface area contributed by atoms with Gasteiger partial charge in [0, 0.05) is 6.42 Å². The lowest BCUT2D eigenvalue weighted by Crippen LogP contribution is -2.34. The highest BCUT2D eigenvalue weighted by molar-refractivity contribution is 7.88. The molecule has 1 N–H and O–H groups in total. The summed E-state index contributed by atoms with van der Waals surface area (Å²) in [6, 6.07) is 5.03. The van der Waals surface area contributed by atoms with Crippen LogP contribution in [0.4, 0.5) is 4.39 Å². The van der Waals surface area contributed by atoms with Crippen molar-refractivity contribution in [2.24, 2.45) is 5.92 Å². The highest BCUT2D eigenvalue weighted by Gasteiger charge is 2.44. The molecule has 2 heterocycles. The summed E-state index contributed by atoms with van der Waals surface area (Å²) in [5.41, 5.74) is 0.778. The van der Waals surface area contributed by atoms with Crippen LogP contribution in [0, 0.1) is 11.7 Å². The number of hydrogen-bond donors (Lipinski definition) is 1. The van der Waals surface area contributed by atoms with Crippen LogP contribution < -0.4 is 4.72 Å². The highest BCUT2D eigenvalue weighted by atomic mass is 32.2. The van der Waals surface area contributed by atoms with Gasteiger partial charge in [0.05, 0.1) is 0 Å². The lowest BCUT2D eigenvalue weighted by Gasteiger charge is -2.12. The predicted molar refractivity (Wildman–Crippen MR) is 84.7 cm³/mol. The van der Waals surface area contributed by atoms with Gasteiger partial charge in [-0.05, 0) is 23.6 Å². The molecule has 2 aromatic rings. The molecule has 3 rings (SSSR count). The fraction of sp³-hybridized carbons (Fsp3) is 0.400. The Morgan fingerprint density at radius 1 is 1.32 bits per heavy atom. The zero-order chi connectivity index (χ0) is 18.2. The summed E-state index contributed by atoms with van der Waals surface area (Å²) in [7, 11) is -3.92. The Bertz CT molecular complexity index is 879. The quantitative estimate of drug-likeness (QED) is 0.844. The van der Waals surface area contributed by atoms with Crippen LogP contribution in [-0.4, -0.2) is 34.8 Å². The molecular weight excluding hydrogens is 351 g/mol. The van der Waals surface area contributed by atoms with E-state index in [0.717, 1.165) is 5.56 Å². The van der Waals surface area contributed by atoms with Gasteiger partial charge in [-0.25, -0.2) is 8.70 Å². The number of carbonyl (C=O) groups is 1. The number of amides is 1. The summed E-state index contributed by atoms with van der Waals surface area (Å²) < 4.78 is 45.1. The Hall–Kier alpha value is -2.33. The summed E-state index contributed by atoms with van der Waals surface area (Å²) in [5, 5.41) is 3.77. The summed E-state index contributed by atoms with van der Waals surface area (Å²) in [6.45, 7) is 3.18. The smallest absolute Gasteiger partial charge is 0.305 e. The third-order valence-corrected chi connectivity index (χ3v) is 5.25. The van der Waals surface area contributed by atoms with Gasteiger partial charge >= 0.3 is 10.2 Å². The number of hydrogen-bond acceptors (Lipinski definition) is 6. The lowest BCUT2D eigenvalue weighted by molar-refractivity contribution is -0.128. The Morgan fingerprint density at radius 3 is 2.60 bits per heavy atom. The van der Waals surface area contributed by atoms with Gasteiger partial charge in [-0.1, -0.05) is 31.1 Å².